The number of hydrogen-bond acceptors (Lipinski definition) is 5. The summed E-state index contributed by atoms with van der Waals surface area (Å²) in [6, 6.07) is 7.32. The molecule has 6 nitrogen and oxygen atoms in total. The number of hydrogen-bond donors (Lipinski definition) is 0. The highest BCUT2D eigenvalue weighted by Crippen LogP contribution is 2.11. The van der Waals surface area contributed by atoms with Gasteiger partial charge in [-0.05, 0) is 26.1 Å². The molecule has 1 aromatic heterocycles. The number of likely N-dealkylation sites (N-methyl/N-ethyl adjacent to an activating group) is 1. The molecule has 122 valence electrons. The van der Waals surface area contributed by atoms with Crippen LogP contribution in [0.25, 0.3) is 10.9 Å². The Labute approximate surface area is 135 Å². The van der Waals surface area contributed by atoms with Crippen molar-refractivity contribution in [3.63, 3.8) is 0 Å². The lowest BCUT2D eigenvalue weighted by molar-refractivity contribution is -0.117. The van der Waals surface area contributed by atoms with Crippen molar-refractivity contribution < 1.29 is 4.79 Å². The van der Waals surface area contributed by atoms with Crippen LogP contribution in [0.15, 0.2) is 29.1 Å². The maximum absolute atomic E-state index is 12.7. The molecule has 0 saturated carbocycles. The van der Waals surface area contributed by atoms with E-state index in [0.29, 0.717) is 23.3 Å². The van der Waals surface area contributed by atoms with E-state index < -0.39 is 0 Å². The first-order chi connectivity index (χ1) is 11.0. The van der Waals surface area contributed by atoms with Crippen LogP contribution in [-0.2, 0) is 17.9 Å². The molecule has 0 spiro atoms. The van der Waals surface area contributed by atoms with Gasteiger partial charge in [-0.2, -0.15) is 0 Å². The number of carbonyl (C=O) groups excluding carboxylic acids is 1. The van der Waals surface area contributed by atoms with Crippen molar-refractivity contribution in [2.45, 2.75) is 20.0 Å². The highest BCUT2D eigenvalue weighted by Gasteiger charge is 2.18. The number of nitrogens with zero attached hydrogens (tertiary/aromatic N) is 4. The van der Waals surface area contributed by atoms with Gasteiger partial charge in [0.25, 0.3) is 5.56 Å². The Morgan fingerprint density at radius 1 is 1.17 bits per heavy atom. The summed E-state index contributed by atoms with van der Waals surface area (Å²) >= 11 is 0. The van der Waals surface area contributed by atoms with E-state index in [1.807, 2.05) is 18.2 Å². The van der Waals surface area contributed by atoms with Crippen LogP contribution in [0, 0.1) is 0 Å². The van der Waals surface area contributed by atoms with Gasteiger partial charge in [-0.15, -0.1) is 0 Å². The topological polar surface area (TPSA) is 58.4 Å². The Morgan fingerprint density at radius 2 is 1.87 bits per heavy atom. The highest BCUT2D eigenvalue weighted by molar-refractivity contribution is 5.79. The lowest BCUT2D eigenvalue weighted by atomic mass is 10.2. The quantitative estimate of drug-likeness (QED) is 0.833. The fourth-order valence-corrected chi connectivity index (χ4v) is 2.93. The van der Waals surface area contributed by atoms with Crippen LogP contribution in [0.5, 0.6) is 0 Å². The van der Waals surface area contributed by atoms with Gasteiger partial charge < -0.3 is 4.90 Å². The number of ketones is 1. The van der Waals surface area contributed by atoms with E-state index in [4.69, 9.17) is 0 Å². The normalized spacial score (nSPS) is 16.8. The number of para-hydroxylation sites is 1. The third-order valence-corrected chi connectivity index (χ3v) is 4.28. The third kappa shape index (κ3) is 3.48. The van der Waals surface area contributed by atoms with Crippen molar-refractivity contribution in [3.8, 4) is 0 Å². The molecule has 0 N–H and O–H groups in total. The number of fused-ring (bicyclic) bond motifs is 1. The van der Waals surface area contributed by atoms with Crippen LogP contribution in [0.3, 0.4) is 0 Å². The molecule has 0 bridgehead atoms. The molecule has 1 aliphatic rings. The molecule has 0 radical (unpaired) electrons. The van der Waals surface area contributed by atoms with E-state index >= 15 is 0 Å². The number of piperazine rings is 1. The van der Waals surface area contributed by atoms with Crippen molar-refractivity contribution >= 4 is 16.7 Å². The van der Waals surface area contributed by atoms with Crippen LogP contribution < -0.4 is 5.56 Å². The van der Waals surface area contributed by atoms with E-state index in [9.17, 15) is 9.59 Å². The van der Waals surface area contributed by atoms with Gasteiger partial charge in [0, 0.05) is 26.2 Å². The van der Waals surface area contributed by atoms with Gasteiger partial charge in [0.15, 0.2) is 0 Å². The Balaban J connectivity index is 1.99. The molecular weight excluding hydrogens is 292 g/mol. The van der Waals surface area contributed by atoms with Gasteiger partial charge in [-0.3, -0.25) is 19.1 Å². The van der Waals surface area contributed by atoms with Crippen molar-refractivity contribution in [3.05, 3.63) is 40.4 Å². The molecular formula is C17H22N4O2. The number of carbonyl (C=O) groups is 1. The number of aromatic nitrogens is 2. The summed E-state index contributed by atoms with van der Waals surface area (Å²) in [5.74, 6) is 0.636. The molecule has 1 saturated heterocycles. The average molecular weight is 314 g/mol. The van der Waals surface area contributed by atoms with Gasteiger partial charge in [-0.25, -0.2) is 4.98 Å². The molecule has 1 aliphatic heterocycles. The second-order valence-corrected chi connectivity index (χ2v) is 6.22. The Morgan fingerprint density at radius 3 is 2.57 bits per heavy atom. The lowest BCUT2D eigenvalue weighted by Gasteiger charge is -2.32. The van der Waals surface area contributed by atoms with E-state index in [1.54, 1.807) is 6.07 Å². The first-order valence-corrected chi connectivity index (χ1v) is 7.93. The molecule has 0 unspecified atom stereocenters. The first-order valence-electron chi connectivity index (χ1n) is 7.93. The number of Topliss-reactive ketones (excluding diaryl/α,β-unsaturated/α-hetero) is 1. The number of benzene rings is 1. The molecule has 0 atom stereocenters. The molecule has 0 amide bonds. The highest BCUT2D eigenvalue weighted by atomic mass is 16.1. The van der Waals surface area contributed by atoms with Crippen LogP contribution in [0.4, 0.5) is 0 Å². The second kappa shape index (κ2) is 6.60. The minimum atomic E-state index is -0.130. The SMILES string of the molecule is CC(=O)Cn1c(CN2CCN(C)CC2)nc2ccccc2c1=O. The van der Waals surface area contributed by atoms with Crippen molar-refractivity contribution in [2.75, 3.05) is 33.2 Å². The van der Waals surface area contributed by atoms with Gasteiger partial charge in [0.05, 0.1) is 24.0 Å². The zero-order chi connectivity index (χ0) is 16.4. The Hall–Kier alpha value is -2.05. The Kier molecular flexibility index (Phi) is 4.54. The lowest BCUT2D eigenvalue weighted by Crippen LogP contribution is -2.45. The van der Waals surface area contributed by atoms with E-state index in [1.165, 1.54) is 11.5 Å². The minimum absolute atomic E-state index is 0.0381. The molecule has 2 aromatic rings. The largest absolute Gasteiger partial charge is 0.304 e. The molecule has 3 rings (SSSR count). The van der Waals surface area contributed by atoms with Crippen molar-refractivity contribution in [1.82, 2.24) is 19.4 Å². The maximum atomic E-state index is 12.7. The fourth-order valence-electron chi connectivity index (χ4n) is 2.93. The summed E-state index contributed by atoms with van der Waals surface area (Å²) in [6.45, 7) is 6.08. The summed E-state index contributed by atoms with van der Waals surface area (Å²) in [5.41, 5.74) is 0.566. The molecule has 0 aliphatic carbocycles. The summed E-state index contributed by atoms with van der Waals surface area (Å²) < 4.78 is 1.53. The molecule has 23 heavy (non-hydrogen) atoms. The van der Waals surface area contributed by atoms with Crippen molar-refractivity contribution in [1.29, 1.82) is 0 Å². The number of rotatable bonds is 4. The van der Waals surface area contributed by atoms with Gasteiger partial charge in [0.1, 0.15) is 11.6 Å². The monoisotopic (exact) mass is 314 g/mol. The van der Waals surface area contributed by atoms with Crippen LogP contribution in [-0.4, -0.2) is 58.4 Å². The molecule has 1 aromatic carbocycles. The summed E-state index contributed by atoms with van der Waals surface area (Å²) in [5, 5.41) is 0.566. The second-order valence-electron chi connectivity index (χ2n) is 6.22. The van der Waals surface area contributed by atoms with Crippen LogP contribution >= 0.6 is 0 Å². The fraction of sp³-hybridized carbons (Fsp3) is 0.471. The van der Waals surface area contributed by atoms with Crippen molar-refractivity contribution in [2.24, 2.45) is 0 Å². The predicted molar refractivity (Wildman–Crippen MR) is 89.5 cm³/mol. The van der Waals surface area contributed by atoms with Gasteiger partial charge >= 0.3 is 0 Å². The zero-order valence-corrected chi connectivity index (χ0v) is 13.7. The van der Waals surface area contributed by atoms with Gasteiger partial charge in [-0.1, -0.05) is 12.1 Å². The average Bonchev–Trinajstić information content (AvgIpc) is 2.53. The standard InChI is InChI=1S/C17H22N4O2/c1-13(22)11-21-16(12-20-9-7-19(2)8-10-20)18-15-6-4-3-5-14(15)17(21)23/h3-6H,7-12H2,1-2H3. The molecule has 1 fully saturated rings. The van der Waals surface area contributed by atoms with Crippen LogP contribution in [0.2, 0.25) is 0 Å². The first kappa shape index (κ1) is 15.8. The Bertz CT molecular complexity index is 776. The van der Waals surface area contributed by atoms with Crippen LogP contribution in [0.1, 0.15) is 12.7 Å². The minimum Gasteiger partial charge on any atom is -0.304 e. The smallest absolute Gasteiger partial charge is 0.261 e. The van der Waals surface area contributed by atoms with E-state index in [2.05, 4.69) is 21.8 Å². The summed E-state index contributed by atoms with van der Waals surface area (Å²) in [4.78, 5) is 33.5. The summed E-state index contributed by atoms with van der Waals surface area (Å²) in [7, 11) is 2.11. The third-order valence-electron chi connectivity index (χ3n) is 4.28. The summed E-state index contributed by atoms with van der Waals surface area (Å²) in [6.07, 6.45) is 0. The van der Waals surface area contributed by atoms with Gasteiger partial charge in [0.2, 0.25) is 0 Å². The maximum Gasteiger partial charge on any atom is 0.261 e. The van der Waals surface area contributed by atoms with E-state index in [0.717, 1.165) is 26.2 Å². The van der Waals surface area contributed by atoms with E-state index in [-0.39, 0.29) is 17.9 Å². The molecule has 2 heterocycles. The zero-order valence-electron chi connectivity index (χ0n) is 13.7. The molecule has 6 heteroatoms. The predicted octanol–water partition coefficient (Wildman–Crippen LogP) is 0.733.